The molecule has 114 valence electrons. The zero-order valence-corrected chi connectivity index (χ0v) is 14.9. The van der Waals surface area contributed by atoms with E-state index in [2.05, 4.69) is 44.8 Å². The Morgan fingerprint density at radius 2 is 2.00 bits per heavy atom. The van der Waals surface area contributed by atoms with E-state index in [1.54, 1.807) is 19.3 Å². The fraction of sp³-hybridized carbons (Fsp3) is 0.615. The minimum Gasteiger partial charge on any atom is -0.372 e. The van der Waals surface area contributed by atoms with Crippen LogP contribution in [0.3, 0.4) is 0 Å². The predicted octanol–water partition coefficient (Wildman–Crippen LogP) is 2.85. The lowest BCUT2D eigenvalue weighted by Crippen LogP contribution is -2.37. The second kappa shape index (κ2) is 6.41. The van der Waals surface area contributed by atoms with Gasteiger partial charge in [0.1, 0.15) is 10.7 Å². The van der Waals surface area contributed by atoms with E-state index in [0.29, 0.717) is 22.8 Å². The summed E-state index contributed by atoms with van der Waals surface area (Å²) < 4.78 is 28.1. The first-order valence-electron chi connectivity index (χ1n) is 6.43. The zero-order valence-electron chi connectivity index (χ0n) is 12.5. The summed E-state index contributed by atoms with van der Waals surface area (Å²) in [5.41, 5.74) is -0.119. The maximum atomic E-state index is 12.4. The van der Waals surface area contributed by atoms with Gasteiger partial charge >= 0.3 is 0 Å². The van der Waals surface area contributed by atoms with Gasteiger partial charge in [-0.3, -0.25) is 0 Å². The lowest BCUT2D eigenvalue weighted by atomic mass is 9.81. The molecule has 1 rings (SSSR count). The van der Waals surface area contributed by atoms with Crippen molar-refractivity contribution in [2.24, 2.45) is 11.3 Å². The molecule has 0 spiro atoms. The van der Waals surface area contributed by atoms with Crippen LogP contribution in [0.5, 0.6) is 0 Å². The van der Waals surface area contributed by atoms with Crippen molar-refractivity contribution in [3.8, 4) is 0 Å². The molecule has 5 nitrogen and oxygen atoms in total. The van der Waals surface area contributed by atoms with Crippen LogP contribution < -0.4 is 10.0 Å². The van der Waals surface area contributed by atoms with Crippen LogP contribution in [-0.2, 0) is 10.0 Å². The third-order valence-electron chi connectivity index (χ3n) is 3.63. The molecule has 0 fully saturated rings. The van der Waals surface area contributed by atoms with Gasteiger partial charge in [-0.15, -0.1) is 0 Å². The Labute approximate surface area is 129 Å². The quantitative estimate of drug-likeness (QED) is 0.814. The first-order chi connectivity index (χ1) is 9.10. The van der Waals surface area contributed by atoms with Gasteiger partial charge < -0.3 is 5.32 Å². The molecule has 1 aromatic rings. The van der Waals surface area contributed by atoms with Crippen LogP contribution in [0.25, 0.3) is 0 Å². The number of rotatable bonds is 6. The highest BCUT2D eigenvalue weighted by atomic mass is 79.9. The van der Waals surface area contributed by atoms with E-state index >= 15 is 0 Å². The number of halogens is 1. The number of aromatic nitrogens is 1. The van der Waals surface area contributed by atoms with Crippen molar-refractivity contribution in [2.45, 2.75) is 32.6 Å². The molecule has 0 aliphatic carbocycles. The minimum atomic E-state index is -3.60. The molecule has 1 heterocycles. The van der Waals surface area contributed by atoms with Gasteiger partial charge in [-0.25, -0.2) is 18.1 Å². The van der Waals surface area contributed by atoms with Gasteiger partial charge in [0.25, 0.3) is 0 Å². The van der Waals surface area contributed by atoms with Crippen molar-refractivity contribution in [1.82, 2.24) is 9.71 Å². The van der Waals surface area contributed by atoms with Gasteiger partial charge in [-0.05, 0) is 33.3 Å². The molecule has 1 aromatic heterocycles. The second-order valence-electron chi connectivity index (χ2n) is 5.72. The van der Waals surface area contributed by atoms with Crippen molar-refractivity contribution in [3.05, 3.63) is 16.7 Å². The highest BCUT2D eigenvalue weighted by Gasteiger charge is 2.27. The number of nitrogens with zero attached hydrogens (tertiary/aromatic N) is 1. The molecule has 2 N–H and O–H groups in total. The number of hydrogen-bond donors (Lipinski definition) is 2. The number of sulfonamides is 1. The third-order valence-corrected chi connectivity index (χ3v) is 5.47. The summed E-state index contributed by atoms with van der Waals surface area (Å²) in [6.45, 7) is 8.61. The zero-order chi connectivity index (χ0) is 15.6. The number of anilines is 1. The van der Waals surface area contributed by atoms with Gasteiger partial charge in [0.05, 0.1) is 0 Å². The number of nitrogens with one attached hydrogen (secondary N) is 2. The van der Waals surface area contributed by atoms with E-state index < -0.39 is 10.0 Å². The van der Waals surface area contributed by atoms with Crippen molar-refractivity contribution in [3.63, 3.8) is 0 Å². The molecule has 0 aliphatic rings. The van der Waals surface area contributed by atoms with Crippen molar-refractivity contribution in [1.29, 1.82) is 0 Å². The summed E-state index contributed by atoms with van der Waals surface area (Å²) in [6, 6.07) is 1.55. The Morgan fingerprint density at radius 1 is 1.40 bits per heavy atom. The minimum absolute atomic E-state index is 0.119. The van der Waals surface area contributed by atoms with E-state index in [4.69, 9.17) is 0 Å². The van der Waals surface area contributed by atoms with E-state index in [0.717, 1.165) is 0 Å². The van der Waals surface area contributed by atoms with E-state index in [-0.39, 0.29) is 10.3 Å². The molecule has 7 heteroatoms. The number of pyridine rings is 1. The van der Waals surface area contributed by atoms with E-state index in [1.807, 2.05) is 13.8 Å². The predicted molar refractivity (Wildman–Crippen MR) is 85.3 cm³/mol. The Hall–Kier alpha value is -0.660. The lowest BCUT2D eigenvalue weighted by Gasteiger charge is -2.29. The normalized spacial score (nSPS) is 12.8. The summed E-state index contributed by atoms with van der Waals surface area (Å²) in [5.74, 6) is 0.706. The van der Waals surface area contributed by atoms with E-state index in [9.17, 15) is 8.42 Å². The Morgan fingerprint density at radius 3 is 2.50 bits per heavy atom. The monoisotopic (exact) mass is 363 g/mol. The largest absolute Gasteiger partial charge is 0.372 e. The topological polar surface area (TPSA) is 71.1 Å². The fourth-order valence-corrected chi connectivity index (χ4v) is 3.27. The molecule has 0 radical (unpaired) electrons. The summed E-state index contributed by atoms with van der Waals surface area (Å²) in [6.07, 6.45) is 1.56. The first kappa shape index (κ1) is 17.4. The highest BCUT2D eigenvalue weighted by Crippen LogP contribution is 2.27. The van der Waals surface area contributed by atoms with Gasteiger partial charge in [0.2, 0.25) is 10.0 Å². The van der Waals surface area contributed by atoms with Gasteiger partial charge in [-0.1, -0.05) is 27.7 Å². The molecule has 0 atom stereocenters. The van der Waals surface area contributed by atoms with Crippen LogP contribution in [0.4, 0.5) is 5.82 Å². The second-order valence-corrected chi connectivity index (χ2v) is 8.37. The molecular formula is C13H22BrN3O2S. The first-order valence-corrected chi connectivity index (χ1v) is 8.71. The lowest BCUT2D eigenvalue weighted by molar-refractivity contribution is 0.252. The fourth-order valence-electron chi connectivity index (χ4n) is 1.38. The van der Waals surface area contributed by atoms with Crippen LogP contribution in [0.15, 0.2) is 21.6 Å². The van der Waals surface area contributed by atoms with Gasteiger partial charge in [-0.2, -0.15) is 0 Å². The molecule has 0 amide bonds. The summed E-state index contributed by atoms with van der Waals surface area (Å²) in [5, 5.41) is 2.80. The molecule has 0 aliphatic heterocycles. The van der Waals surface area contributed by atoms with Crippen LogP contribution in [0, 0.1) is 11.3 Å². The standard InChI is InChI=1S/C13H22BrN3O2S/c1-9(2)13(3,4)8-17-20(18,19)11-6-10(14)7-16-12(11)15-5/h6-7,9,17H,8H2,1-5H3,(H,15,16). The van der Waals surface area contributed by atoms with Gasteiger partial charge in [0, 0.05) is 24.3 Å². The molecule has 0 bridgehead atoms. The van der Waals surface area contributed by atoms with E-state index in [1.165, 1.54) is 0 Å². The van der Waals surface area contributed by atoms with Crippen LogP contribution >= 0.6 is 15.9 Å². The van der Waals surface area contributed by atoms with Crippen molar-refractivity contribution < 1.29 is 8.42 Å². The molecule has 0 saturated carbocycles. The third kappa shape index (κ3) is 4.17. The average molecular weight is 364 g/mol. The molecule has 20 heavy (non-hydrogen) atoms. The SMILES string of the molecule is CNc1ncc(Br)cc1S(=O)(=O)NCC(C)(C)C(C)C. The Balaban J connectivity index is 3.03. The maximum absolute atomic E-state index is 12.4. The van der Waals surface area contributed by atoms with Crippen LogP contribution in [0.2, 0.25) is 0 Å². The molecule has 0 saturated heterocycles. The van der Waals surface area contributed by atoms with Crippen molar-refractivity contribution in [2.75, 3.05) is 18.9 Å². The smallest absolute Gasteiger partial charge is 0.244 e. The molecule has 0 unspecified atom stereocenters. The number of hydrogen-bond acceptors (Lipinski definition) is 4. The van der Waals surface area contributed by atoms with Crippen LogP contribution in [-0.4, -0.2) is 27.0 Å². The maximum Gasteiger partial charge on any atom is 0.244 e. The van der Waals surface area contributed by atoms with Crippen molar-refractivity contribution >= 4 is 31.8 Å². The highest BCUT2D eigenvalue weighted by molar-refractivity contribution is 9.10. The molecular weight excluding hydrogens is 342 g/mol. The summed E-state index contributed by atoms with van der Waals surface area (Å²) >= 11 is 3.25. The van der Waals surface area contributed by atoms with Crippen LogP contribution in [0.1, 0.15) is 27.7 Å². The summed E-state index contributed by atoms with van der Waals surface area (Å²) in [7, 11) is -1.95. The Kier molecular flexibility index (Phi) is 5.57. The summed E-state index contributed by atoms with van der Waals surface area (Å²) in [4.78, 5) is 4.21. The molecule has 0 aromatic carbocycles. The Bertz CT molecular complexity index is 571. The van der Waals surface area contributed by atoms with Gasteiger partial charge in [0.15, 0.2) is 0 Å². The average Bonchev–Trinajstić information content (AvgIpc) is 2.36.